The number of amides is 1. The minimum atomic E-state index is -0.0263. The molecule has 0 spiro atoms. The molecule has 1 atom stereocenters. The molecule has 7 heteroatoms. The minimum Gasteiger partial charge on any atom is -0.354 e. The zero-order chi connectivity index (χ0) is 20.8. The lowest BCUT2D eigenvalue weighted by Gasteiger charge is -2.33. The number of piperidine rings is 1. The lowest BCUT2D eigenvalue weighted by molar-refractivity contribution is 0.0672. The predicted molar refractivity (Wildman–Crippen MR) is 120 cm³/mol. The summed E-state index contributed by atoms with van der Waals surface area (Å²) in [7, 11) is 0. The number of aromatic nitrogens is 3. The van der Waals surface area contributed by atoms with Crippen molar-refractivity contribution in [1.29, 1.82) is 0 Å². The number of aromatic amines is 1. The fourth-order valence-corrected chi connectivity index (χ4v) is 6.18. The normalized spacial score (nSPS) is 19.3. The molecule has 6 nitrogen and oxygen atoms in total. The number of carbonyl (C=O) groups excluding carboxylic acids is 1. The Bertz CT molecular complexity index is 1150. The number of thiophene rings is 1. The van der Waals surface area contributed by atoms with Gasteiger partial charge in [-0.2, -0.15) is 0 Å². The number of nitrogens with one attached hydrogen (secondary N) is 1. The van der Waals surface area contributed by atoms with Crippen molar-refractivity contribution in [1.82, 2.24) is 19.4 Å². The van der Waals surface area contributed by atoms with E-state index < -0.39 is 0 Å². The first-order chi connectivity index (χ1) is 14.6. The Morgan fingerprint density at radius 1 is 1.30 bits per heavy atom. The molecule has 0 saturated carbocycles. The molecular weight excluding hydrogens is 396 g/mol. The smallest absolute Gasteiger partial charge is 0.270 e. The van der Waals surface area contributed by atoms with Crippen LogP contribution in [-0.4, -0.2) is 38.4 Å². The summed E-state index contributed by atoms with van der Waals surface area (Å²) in [6, 6.07) is 2.02. The third-order valence-electron chi connectivity index (χ3n) is 6.71. The van der Waals surface area contributed by atoms with Gasteiger partial charge in [-0.25, -0.2) is 4.98 Å². The van der Waals surface area contributed by atoms with Crippen molar-refractivity contribution in [2.24, 2.45) is 0 Å². The van der Waals surface area contributed by atoms with E-state index in [-0.39, 0.29) is 17.5 Å². The first-order valence-corrected chi connectivity index (χ1v) is 11.9. The molecule has 0 radical (unpaired) electrons. The van der Waals surface area contributed by atoms with Gasteiger partial charge < -0.3 is 9.88 Å². The Labute approximate surface area is 179 Å². The van der Waals surface area contributed by atoms with Gasteiger partial charge in [-0.05, 0) is 69.1 Å². The van der Waals surface area contributed by atoms with E-state index in [2.05, 4.69) is 23.8 Å². The third-order valence-corrected chi connectivity index (χ3v) is 7.77. The summed E-state index contributed by atoms with van der Waals surface area (Å²) in [5.74, 6) is 0.0526. The lowest BCUT2D eigenvalue weighted by Crippen LogP contribution is -2.43. The van der Waals surface area contributed by atoms with Gasteiger partial charge in [0.2, 0.25) is 0 Å². The van der Waals surface area contributed by atoms with Crippen LogP contribution in [0.1, 0.15) is 70.8 Å². The van der Waals surface area contributed by atoms with Gasteiger partial charge in [-0.1, -0.05) is 6.92 Å². The summed E-state index contributed by atoms with van der Waals surface area (Å²) in [6.07, 6.45) is 8.78. The molecule has 3 aromatic rings. The van der Waals surface area contributed by atoms with Crippen molar-refractivity contribution < 1.29 is 4.79 Å². The Morgan fingerprint density at radius 2 is 2.13 bits per heavy atom. The van der Waals surface area contributed by atoms with Crippen molar-refractivity contribution in [2.45, 2.75) is 64.8 Å². The maximum Gasteiger partial charge on any atom is 0.270 e. The fraction of sp³-hybridized carbons (Fsp3) is 0.522. The van der Waals surface area contributed by atoms with Gasteiger partial charge in [0.15, 0.2) is 0 Å². The maximum atomic E-state index is 13.3. The van der Waals surface area contributed by atoms with Crippen molar-refractivity contribution in [2.75, 3.05) is 13.1 Å². The number of nitrogens with zero attached hydrogens (tertiary/aromatic N) is 3. The number of aryl methyl sites for hydroxylation is 4. The van der Waals surface area contributed by atoms with Crippen molar-refractivity contribution >= 4 is 27.5 Å². The fourth-order valence-electron chi connectivity index (χ4n) is 5.11. The number of rotatable bonds is 3. The molecule has 1 N–H and O–H groups in total. The highest BCUT2D eigenvalue weighted by Gasteiger charge is 2.28. The number of likely N-dealkylation sites (tertiary alicyclic amines) is 1. The maximum absolute atomic E-state index is 13.3. The minimum absolute atomic E-state index is 0.0263. The van der Waals surface area contributed by atoms with Gasteiger partial charge in [0.05, 0.1) is 17.8 Å². The molecule has 1 aliphatic carbocycles. The number of carbonyl (C=O) groups is 1. The summed E-state index contributed by atoms with van der Waals surface area (Å²) < 4.78 is 1.77. The van der Waals surface area contributed by atoms with E-state index in [1.54, 1.807) is 22.2 Å². The Kier molecular flexibility index (Phi) is 5.01. The SMILES string of the molecule is CCc1c(C)sc2ncn([C@H]3CCCN(C(=O)c4cc5c([nH]4)CCCC5)C3)c(=O)c12. The van der Waals surface area contributed by atoms with E-state index in [0.29, 0.717) is 12.2 Å². The standard InChI is InChI=1S/C23H28N4O2S/c1-3-17-14(2)30-21-20(17)23(29)27(13-24-21)16-8-6-10-26(12-16)22(28)19-11-15-7-4-5-9-18(15)25-19/h11,13,16,25H,3-10,12H2,1-2H3/t16-/m0/s1. The van der Waals surface area contributed by atoms with E-state index in [1.807, 2.05) is 11.0 Å². The van der Waals surface area contributed by atoms with E-state index in [4.69, 9.17) is 0 Å². The van der Waals surface area contributed by atoms with Crippen LogP contribution >= 0.6 is 11.3 Å². The van der Waals surface area contributed by atoms with E-state index in [1.165, 1.54) is 29.0 Å². The van der Waals surface area contributed by atoms with Gasteiger partial charge in [0.1, 0.15) is 10.5 Å². The zero-order valence-corrected chi connectivity index (χ0v) is 18.5. The summed E-state index contributed by atoms with van der Waals surface area (Å²) in [5.41, 5.74) is 4.37. The molecule has 4 heterocycles. The number of hydrogen-bond donors (Lipinski definition) is 1. The van der Waals surface area contributed by atoms with E-state index >= 15 is 0 Å². The number of H-pyrrole nitrogens is 1. The third kappa shape index (κ3) is 3.20. The Balaban J connectivity index is 1.43. The number of fused-ring (bicyclic) bond motifs is 2. The van der Waals surface area contributed by atoms with Gasteiger partial charge >= 0.3 is 0 Å². The Morgan fingerprint density at radius 3 is 2.93 bits per heavy atom. The second-order valence-corrected chi connectivity index (χ2v) is 9.77. The molecular formula is C23H28N4O2S. The van der Waals surface area contributed by atoms with Crippen molar-refractivity contribution in [3.05, 3.63) is 50.1 Å². The quantitative estimate of drug-likeness (QED) is 0.690. The topological polar surface area (TPSA) is 71.0 Å². The largest absolute Gasteiger partial charge is 0.354 e. The van der Waals surface area contributed by atoms with Crippen LogP contribution in [0, 0.1) is 6.92 Å². The predicted octanol–water partition coefficient (Wildman–Crippen LogP) is 4.01. The molecule has 2 aliphatic rings. The van der Waals surface area contributed by atoms with Crippen molar-refractivity contribution in [3.8, 4) is 0 Å². The van der Waals surface area contributed by atoms with Crippen LogP contribution in [0.2, 0.25) is 0 Å². The van der Waals surface area contributed by atoms with E-state index in [0.717, 1.165) is 54.4 Å². The van der Waals surface area contributed by atoms with Crippen LogP contribution in [0.15, 0.2) is 17.2 Å². The van der Waals surface area contributed by atoms with Gasteiger partial charge in [-0.15, -0.1) is 11.3 Å². The molecule has 1 amide bonds. The first kappa shape index (κ1) is 19.5. The summed E-state index contributed by atoms with van der Waals surface area (Å²) in [6.45, 7) is 5.44. The molecule has 1 saturated heterocycles. The highest BCUT2D eigenvalue weighted by molar-refractivity contribution is 7.18. The molecule has 0 bridgehead atoms. The molecule has 3 aromatic heterocycles. The second kappa shape index (κ2) is 7.69. The molecule has 158 valence electrons. The van der Waals surface area contributed by atoms with Crippen LogP contribution in [0.4, 0.5) is 0 Å². The van der Waals surface area contributed by atoms with Gasteiger partial charge in [0, 0.05) is 23.7 Å². The van der Waals surface area contributed by atoms with Crippen molar-refractivity contribution in [3.63, 3.8) is 0 Å². The van der Waals surface area contributed by atoms with Crippen LogP contribution in [-0.2, 0) is 19.3 Å². The average molecular weight is 425 g/mol. The molecule has 0 unspecified atom stereocenters. The summed E-state index contributed by atoms with van der Waals surface area (Å²) in [4.78, 5) is 38.4. The van der Waals surface area contributed by atoms with Crippen LogP contribution in [0.5, 0.6) is 0 Å². The highest BCUT2D eigenvalue weighted by atomic mass is 32.1. The van der Waals surface area contributed by atoms with Crippen LogP contribution in [0.3, 0.4) is 0 Å². The monoisotopic (exact) mass is 424 g/mol. The summed E-state index contributed by atoms with van der Waals surface area (Å²) >= 11 is 1.60. The second-order valence-electron chi connectivity index (χ2n) is 8.57. The lowest BCUT2D eigenvalue weighted by atomic mass is 9.98. The van der Waals surface area contributed by atoms with Crippen LogP contribution in [0.25, 0.3) is 10.2 Å². The van der Waals surface area contributed by atoms with Gasteiger partial charge in [-0.3, -0.25) is 14.2 Å². The number of hydrogen-bond acceptors (Lipinski definition) is 4. The summed E-state index contributed by atoms with van der Waals surface area (Å²) in [5, 5.41) is 0.767. The van der Waals surface area contributed by atoms with Crippen LogP contribution < -0.4 is 5.56 Å². The van der Waals surface area contributed by atoms with E-state index in [9.17, 15) is 9.59 Å². The molecule has 0 aromatic carbocycles. The first-order valence-electron chi connectivity index (χ1n) is 11.1. The molecule has 1 fully saturated rings. The molecule has 1 aliphatic heterocycles. The van der Waals surface area contributed by atoms with Gasteiger partial charge in [0.25, 0.3) is 11.5 Å². The molecule has 30 heavy (non-hydrogen) atoms. The zero-order valence-electron chi connectivity index (χ0n) is 17.7. The molecule has 5 rings (SSSR count). The highest BCUT2D eigenvalue weighted by Crippen LogP contribution is 2.29. The Hall–Kier alpha value is -2.41. The average Bonchev–Trinajstić information content (AvgIpc) is 3.34.